The molecule has 2 aromatic rings. The first-order valence-electron chi connectivity index (χ1n) is 12.8. The van der Waals surface area contributed by atoms with E-state index in [4.69, 9.17) is 9.84 Å². The monoisotopic (exact) mass is 510 g/mol. The maximum absolute atomic E-state index is 12.8. The number of para-hydroxylation sites is 1. The van der Waals surface area contributed by atoms with Crippen LogP contribution in [-0.4, -0.2) is 73.6 Å². The Hall–Kier alpha value is -3.59. The molecule has 1 saturated carbocycles. The molecule has 0 spiro atoms. The zero-order chi connectivity index (χ0) is 26.6. The molecule has 4 N–H and O–H groups in total. The number of aromatic hydroxyl groups is 1. The molecule has 1 aliphatic heterocycles. The minimum Gasteiger partial charge on any atom is -0.508 e. The molecule has 1 fully saturated rings. The average Bonchev–Trinajstić information content (AvgIpc) is 3.73. The minimum atomic E-state index is -0.344. The number of carbonyl (C=O) groups excluding carboxylic acids is 3. The van der Waals surface area contributed by atoms with Crippen LogP contribution in [0.1, 0.15) is 30.4 Å². The normalized spacial score (nSPS) is 20.1. The van der Waals surface area contributed by atoms with Crippen LogP contribution in [0.2, 0.25) is 0 Å². The second-order valence-corrected chi connectivity index (χ2v) is 9.49. The summed E-state index contributed by atoms with van der Waals surface area (Å²) >= 11 is 0. The van der Waals surface area contributed by atoms with Crippen molar-refractivity contribution in [3.63, 3.8) is 0 Å². The topological polar surface area (TPSA) is 120 Å². The second-order valence-electron chi connectivity index (χ2n) is 9.49. The molecule has 1 aliphatic carbocycles. The molecule has 9 heteroatoms. The lowest BCUT2D eigenvalue weighted by molar-refractivity contribution is -0.137. The van der Waals surface area contributed by atoms with Crippen LogP contribution in [0.25, 0.3) is 0 Å². The van der Waals surface area contributed by atoms with E-state index in [-0.39, 0.29) is 36.9 Å². The Bertz CT molecular complexity index is 1020. The van der Waals surface area contributed by atoms with Gasteiger partial charge < -0.3 is 30.7 Å². The first-order chi connectivity index (χ1) is 17.8. The summed E-state index contributed by atoms with van der Waals surface area (Å²) in [5.41, 5.74) is 2.26. The van der Waals surface area contributed by atoms with Gasteiger partial charge in [0.05, 0.1) is 19.1 Å². The van der Waals surface area contributed by atoms with Crippen molar-refractivity contribution in [1.82, 2.24) is 20.9 Å². The summed E-state index contributed by atoms with van der Waals surface area (Å²) in [4.78, 5) is 38.2. The van der Waals surface area contributed by atoms with Gasteiger partial charge in [-0.15, -0.1) is 0 Å². The third-order valence-electron chi connectivity index (χ3n) is 6.24. The summed E-state index contributed by atoms with van der Waals surface area (Å²) in [7, 11) is 1.62. The summed E-state index contributed by atoms with van der Waals surface area (Å²) < 4.78 is 5.94. The van der Waals surface area contributed by atoms with Crippen LogP contribution < -0.4 is 20.7 Å². The summed E-state index contributed by atoms with van der Waals surface area (Å²) in [6, 6.07) is 14.7. The molecule has 2 aromatic carbocycles. The number of fused-ring (bicyclic) bond motifs is 1. The van der Waals surface area contributed by atoms with Crippen molar-refractivity contribution in [1.29, 1.82) is 0 Å². The highest BCUT2D eigenvalue weighted by atomic mass is 16.5. The molecule has 200 valence electrons. The predicted molar refractivity (Wildman–Crippen MR) is 141 cm³/mol. The summed E-state index contributed by atoms with van der Waals surface area (Å²) in [6.45, 7) is 3.35. The largest absolute Gasteiger partial charge is 0.508 e. The van der Waals surface area contributed by atoms with Crippen LogP contribution in [0, 0.1) is 12.8 Å². The van der Waals surface area contributed by atoms with Gasteiger partial charge in [0.15, 0.2) is 0 Å². The number of carbonyl (C=O) groups is 3. The molecule has 3 amide bonds. The number of aryl methyl sites for hydroxylation is 2. The number of amides is 3. The Kier molecular flexibility index (Phi) is 10.8. The van der Waals surface area contributed by atoms with Crippen molar-refractivity contribution in [3.05, 3.63) is 59.7 Å². The first kappa shape index (κ1) is 28.0. The maximum Gasteiger partial charge on any atom is 0.240 e. The van der Waals surface area contributed by atoms with Gasteiger partial charge in [0.25, 0.3) is 0 Å². The van der Waals surface area contributed by atoms with Crippen molar-refractivity contribution in [2.24, 2.45) is 5.92 Å². The molecule has 4 rings (SSSR count). The summed E-state index contributed by atoms with van der Waals surface area (Å²) in [5.74, 6) is 0.778. The Balaban J connectivity index is 0.000000405. The number of nitrogens with one attached hydrogen (secondary N) is 3. The van der Waals surface area contributed by atoms with Gasteiger partial charge in [-0.25, -0.2) is 0 Å². The van der Waals surface area contributed by atoms with Gasteiger partial charge in [0, 0.05) is 20.1 Å². The van der Waals surface area contributed by atoms with Crippen molar-refractivity contribution in [2.75, 3.05) is 39.8 Å². The van der Waals surface area contributed by atoms with Crippen molar-refractivity contribution < 1.29 is 24.2 Å². The third-order valence-corrected chi connectivity index (χ3v) is 6.24. The van der Waals surface area contributed by atoms with E-state index in [9.17, 15) is 14.4 Å². The van der Waals surface area contributed by atoms with Crippen LogP contribution in [0.5, 0.6) is 11.5 Å². The molecule has 0 bridgehead atoms. The van der Waals surface area contributed by atoms with Gasteiger partial charge in [0.1, 0.15) is 18.1 Å². The minimum absolute atomic E-state index is 0.0686. The molecule has 0 saturated heterocycles. The van der Waals surface area contributed by atoms with Crippen LogP contribution in [-0.2, 0) is 20.8 Å². The number of rotatable bonds is 1. The number of hydrogen-bond acceptors (Lipinski definition) is 6. The quantitative estimate of drug-likeness (QED) is 0.464. The summed E-state index contributed by atoms with van der Waals surface area (Å²) in [6.07, 6.45) is 3.57. The molecule has 0 aromatic heterocycles. The number of phenols is 1. The van der Waals surface area contributed by atoms with Gasteiger partial charge in [-0.2, -0.15) is 0 Å². The van der Waals surface area contributed by atoms with Crippen LogP contribution >= 0.6 is 0 Å². The SMILES string of the molecule is CN1CC(=O)NCC(=O)NCCCc2ccccc2OCCNC(C2CC2)C1=O.Cc1ccc(O)cc1. The zero-order valence-electron chi connectivity index (χ0n) is 21.7. The second kappa shape index (κ2) is 14.2. The van der Waals surface area contributed by atoms with Crippen molar-refractivity contribution in [2.45, 2.75) is 38.6 Å². The number of benzene rings is 2. The molecule has 0 radical (unpaired) electrons. The standard InChI is InChI=1S/C21H30N4O4.C7H8O/c1-25-14-19(27)24-13-18(26)22-10-4-6-15-5-2-3-7-17(15)29-12-11-23-20(21(25)28)16-8-9-16;1-6-2-4-7(8)5-3-6/h2-3,5,7,16,20,23H,4,6,8-14H2,1H3,(H,22,26)(H,24,27);2-5,8H,1H3. The summed E-state index contributed by atoms with van der Waals surface area (Å²) in [5, 5.41) is 17.4. The number of ether oxygens (including phenoxy) is 1. The molecule has 1 atom stereocenters. The number of likely N-dealkylation sites (N-methyl/N-ethyl adjacent to an activating group) is 1. The molecule has 9 nitrogen and oxygen atoms in total. The van der Waals surface area contributed by atoms with E-state index >= 15 is 0 Å². The first-order valence-corrected chi connectivity index (χ1v) is 12.8. The van der Waals surface area contributed by atoms with Crippen LogP contribution in [0.4, 0.5) is 0 Å². The lowest BCUT2D eigenvalue weighted by Gasteiger charge is -2.24. The molecule has 2 aliphatic rings. The van der Waals surface area contributed by atoms with Crippen LogP contribution in [0.15, 0.2) is 48.5 Å². The molecular weight excluding hydrogens is 472 g/mol. The number of phenolic OH excluding ortho intramolecular Hbond substituents is 1. The van der Waals surface area contributed by atoms with E-state index in [1.165, 1.54) is 10.5 Å². The number of nitrogens with zero attached hydrogens (tertiary/aromatic N) is 1. The highest BCUT2D eigenvalue weighted by Gasteiger charge is 2.37. The van der Waals surface area contributed by atoms with Gasteiger partial charge in [0.2, 0.25) is 17.7 Å². The third kappa shape index (κ3) is 9.76. The van der Waals surface area contributed by atoms with Gasteiger partial charge in [-0.05, 0) is 62.3 Å². The van der Waals surface area contributed by atoms with Crippen molar-refractivity contribution >= 4 is 17.7 Å². The Morgan fingerprint density at radius 1 is 0.946 bits per heavy atom. The van der Waals surface area contributed by atoms with E-state index < -0.39 is 0 Å². The lowest BCUT2D eigenvalue weighted by Crippen LogP contribution is -2.50. The fourth-order valence-electron chi connectivity index (χ4n) is 3.99. The van der Waals surface area contributed by atoms with Gasteiger partial charge in [-0.1, -0.05) is 35.9 Å². The highest BCUT2D eigenvalue weighted by Crippen LogP contribution is 2.33. The van der Waals surface area contributed by atoms with Gasteiger partial charge >= 0.3 is 0 Å². The zero-order valence-corrected chi connectivity index (χ0v) is 21.7. The van der Waals surface area contributed by atoms with E-state index in [1.54, 1.807) is 19.2 Å². The van der Waals surface area contributed by atoms with E-state index in [0.29, 0.717) is 31.4 Å². The highest BCUT2D eigenvalue weighted by molar-refractivity contribution is 5.89. The van der Waals surface area contributed by atoms with E-state index in [0.717, 1.165) is 37.0 Å². The number of hydrogen-bond donors (Lipinski definition) is 4. The van der Waals surface area contributed by atoms with Crippen LogP contribution in [0.3, 0.4) is 0 Å². The molecular formula is C28H38N4O5. The molecule has 1 heterocycles. The Morgan fingerprint density at radius 3 is 2.38 bits per heavy atom. The lowest BCUT2D eigenvalue weighted by atomic mass is 10.1. The molecule has 1 unspecified atom stereocenters. The Morgan fingerprint density at radius 2 is 1.68 bits per heavy atom. The van der Waals surface area contributed by atoms with E-state index in [1.807, 2.05) is 43.3 Å². The Labute approximate surface area is 218 Å². The predicted octanol–water partition coefficient (Wildman–Crippen LogP) is 1.77. The smallest absolute Gasteiger partial charge is 0.240 e. The fraction of sp³-hybridized carbons (Fsp3) is 0.464. The maximum atomic E-state index is 12.8. The fourth-order valence-corrected chi connectivity index (χ4v) is 3.99. The average molecular weight is 511 g/mol. The molecule has 37 heavy (non-hydrogen) atoms. The van der Waals surface area contributed by atoms with Crippen molar-refractivity contribution in [3.8, 4) is 11.5 Å². The van der Waals surface area contributed by atoms with Gasteiger partial charge in [-0.3, -0.25) is 14.4 Å². The van der Waals surface area contributed by atoms with E-state index in [2.05, 4.69) is 16.0 Å².